The Morgan fingerprint density at radius 1 is 1.09 bits per heavy atom. The number of pyridine rings is 1. The molecule has 1 N–H and O–H groups in total. The Hall–Kier alpha value is -3.71. The molecule has 12 nitrogen and oxygen atoms in total. The first-order valence-corrected chi connectivity index (χ1v) is 20.9. The first-order chi connectivity index (χ1) is 25.4. The molecule has 2 aliphatic carbocycles. The van der Waals surface area contributed by atoms with Gasteiger partial charge in [0.2, 0.25) is 27.7 Å². The summed E-state index contributed by atoms with van der Waals surface area (Å²) in [7, 11) is -2.35. The number of hydrogen-bond acceptors (Lipinski definition) is 10. The number of allylic oxidation sites excluding steroid dienone is 2. The van der Waals surface area contributed by atoms with Crippen LogP contribution in [-0.2, 0) is 33.9 Å². The Labute approximate surface area is 322 Å². The van der Waals surface area contributed by atoms with E-state index in [9.17, 15) is 27.6 Å². The van der Waals surface area contributed by atoms with E-state index in [1.54, 1.807) is 39.0 Å². The molecule has 3 heterocycles. The average molecular weight is 786 g/mol. The van der Waals surface area contributed by atoms with Crippen LogP contribution in [0.2, 0.25) is 5.02 Å². The number of Topliss-reactive ketones (excluding diaryl/α,β-unsaturated/α-hetero) is 1. The monoisotopic (exact) mass is 785 g/mol. The van der Waals surface area contributed by atoms with Gasteiger partial charge in [-0.25, -0.2) is 13.4 Å². The fourth-order valence-electron chi connectivity index (χ4n) is 7.98. The Morgan fingerprint density at radius 2 is 1.83 bits per heavy atom. The number of fused-ring (bicyclic) bond motifs is 3. The number of sulfonamides is 1. The average Bonchev–Trinajstić information content (AvgIpc) is 4.02. The lowest BCUT2D eigenvalue weighted by Crippen LogP contribution is -2.47. The molecule has 0 radical (unpaired) electrons. The van der Waals surface area contributed by atoms with Gasteiger partial charge in [-0.05, 0) is 82.8 Å². The number of methoxy groups -OCH3 is 1. The number of amides is 2. The van der Waals surface area contributed by atoms with Crippen molar-refractivity contribution in [3.05, 3.63) is 41.6 Å². The standard InChI is InChI=1S/C40H52ClN3O9S/c1-23-9-7-10-24(2)29(18-34(46)53-39(3,4)5)37(47)44-22-26(52-36-28-11-8-12-30(41)35(28)33(51-6)21-42-36)17-31(44)32(45)20-40(19-25(40)14-13-23)38(48)43-54(49,50)27-15-16-27/h8,11-14,21,23-27,29,31H,7,9-10,15-20,22H2,1-6H3,(H,43,48)/b14-13-/t23?,24-,25-,26-,29+,31+,40-/m1/s1. The highest BCUT2D eigenvalue weighted by molar-refractivity contribution is 7.90. The molecule has 0 spiro atoms. The van der Waals surface area contributed by atoms with Crippen LogP contribution in [0, 0.1) is 29.1 Å². The van der Waals surface area contributed by atoms with Gasteiger partial charge in [0.15, 0.2) is 5.78 Å². The number of carbonyl (C=O) groups excluding carboxylic acids is 4. The van der Waals surface area contributed by atoms with Gasteiger partial charge >= 0.3 is 5.97 Å². The first-order valence-electron chi connectivity index (χ1n) is 19.0. The maximum atomic E-state index is 14.8. The van der Waals surface area contributed by atoms with E-state index in [4.69, 9.17) is 25.8 Å². The summed E-state index contributed by atoms with van der Waals surface area (Å²) in [4.78, 5) is 62.5. The Balaban J connectivity index is 1.35. The number of carbonyl (C=O) groups is 4. The fourth-order valence-corrected chi connectivity index (χ4v) is 9.64. The molecule has 14 heteroatoms. The van der Waals surface area contributed by atoms with Crippen molar-refractivity contribution in [1.82, 2.24) is 14.6 Å². The zero-order valence-electron chi connectivity index (χ0n) is 31.9. The summed E-state index contributed by atoms with van der Waals surface area (Å²) >= 11 is 6.56. The molecule has 2 aliphatic heterocycles. The quantitative estimate of drug-likeness (QED) is 0.242. The predicted molar refractivity (Wildman–Crippen MR) is 203 cm³/mol. The minimum absolute atomic E-state index is 0.0260. The predicted octanol–water partition coefficient (Wildman–Crippen LogP) is 6.18. The van der Waals surface area contributed by atoms with Gasteiger partial charge in [0, 0.05) is 23.6 Å². The van der Waals surface area contributed by atoms with Crippen molar-refractivity contribution in [1.29, 1.82) is 0 Å². The Kier molecular flexibility index (Phi) is 11.4. The van der Waals surface area contributed by atoms with Gasteiger partial charge in [0.25, 0.3) is 0 Å². The van der Waals surface area contributed by atoms with E-state index >= 15 is 0 Å². The van der Waals surface area contributed by atoms with Crippen LogP contribution in [0.25, 0.3) is 10.8 Å². The highest BCUT2D eigenvalue weighted by Gasteiger charge is 2.61. The van der Waals surface area contributed by atoms with E-state index in [1.807, 2.05) is 19.1 Å². The van der Waals surface area contributed by atoms with E-state index in [0.29, 0.717) is 47.2 Å². The van der Waals surface area contributed by atoms with Crippen molar-refractivity contribution in [2.24, 2.45) is 29.1 Å². The normalized spacial score (nSPS) is 30.0. The lowest BCUT2D eigenvalue weighted by atomic mass is 9.84. The molecule has 2 amide bonds. The van der Waals surface area contributed by atoms with Gasteiger partial charge in [0.1, 0.15) is 17.5 Å². The highest BCUT2D eigenvalue weighted by Crippen LogP contribution is 2.57. The molecule has 54 heavy (non-hydrogen) atoms. The molecule has 1 aromatic carbocycles. The number of aromatic nitrogens is 1. The molecule has 1 unspecified atom stereocenters. The third-order valence-electron chi connectivity index (χ3n) is 11.3. The van der Waals surface area contributed by atoms with Gasteiger partial charge in [0.05, 0.1) is 53.9 Å². The Morgan fingerprint density at radius 3 is 2.52 bits per heavy atom. The van der Waals surface area contributed by atoms with Crippen molar-refractivity contribution in [3.8, 4) is 11.6 Å². The summed E-state index contributed by atoms with van der Waals surface area (Å²) in [5, 5.41) is 1.03. The Bertz CT molecular complexity index is 1940. The summed E-state index contributed by atoms with van der Waals surface area (Å²) in [6.07, 6.45) is 8.05. The molecule has 4 aliphatic rings. The van der Waals surface area contributed by atoms with E-state index in [1.165, 1.54) is 18.2 Å². The van der Waals surface area contributed by atoms with Gasteiger partial charge in [-0.2, -0.15) is 0 Å². The molecule has 3 fully saturated rings. The van der Waals surface area contributed by atoms with E-state index in [0.717, 1.165) is 12.8 Å². The van der Waals surface area contributed by atoms with Crippen LogP contribution >= 0.6 is 11.6 Å². The van der Waals surface area contributed by atoms with Crippen LogP contribution in [0.1, 0.15) is 92.4 Å². The van der Waals surface area contributed by atoms with Crippen LogP contribution in [-0.4, -0.2) is 78.5 Å². The lowest BCUT2D eigenvalue weighted by molar-refractivity contribution is -0.159. The second-order valence-electron chi connectivity index (χ2n) is 16.7. The van der Waals surface area contributed by atoms with Crippen molar-refractivity contribution in [2.75, 3.05) is 13.7 Å². The van der Waals surface area contributed by atoms with Gasteiger partial charge in [-0.3, -0.25) is 23.9 Å². The number of nitrogens with one attached hydrogen (secondary N) is 1. The van der Waals surface area contributed by atoms with Gasteiger partial charge in [-0.1, -0.05) is 50.1 Å². The molecule has 2 saturated carbocycles. The largest absolute Gasteiger partial charge is 0.494 e. The molecule has 1 saturated heterocycles. The maximum Gasteiger partial charge on any atom is 0.307 e. The van der Waals surface area contributed by atoms with Crippen LogP contribution in [0.5, 0.6) is 11.6 Å². The summed E-state index contributed by atoms with van der Waals surface area (Å²) in [6.45, 7) is 9.37. The van der Waals surface area contributed by atoms with Crippen LogP contribution in [0.15, 0.2) is 36.5 Å². The zero-order valence-corrected chi connectivity index (χ0v) is 33.5. The number of ketones is 1. The summed E-state index contributed by atoms with van der Waals surface area (Å²) in [5.41, 5.74) is -2.02. The maximum absolute atomic E-state index is 14.8. The number of halogens is 1. The lowest BCUT2D eigenvalue weighted by Gasteiger charge is -2.32. The molecule has 2 aromatic rings. The molecule has 0 bridgehead atoms. The van der Waals surface area contributed by atoms with E-state index in [-0.39, 0.29) is 61.1 Å². The number of rotatable bonds is 8. The molecular weight excluding hydrogens is 734 g/mol. The second-order valence-corrected chi connectivity index (χ2v) is 19.1. The third-order valence-corrected chi connectivity index (χ3v) is 13.4. The third kappa shape index (κ3) is 8.72. The smallest absolute Gasteiger partial charge is 0.307 e. The van der Waals surface area contributed by atoms with Crippen LogP contribution in [0.4, 0.5) is 0 Å². The van der Waals surface area contributed by atoms with Crippen molar-refractivity contribution < 1.29 is 41.8 Å². The van der Waals surface area contributed by atoms with Crippen molar-refractivity contribution in [2.45, 2.75) is 115 Å². The van der Waals surface area contributed by atoms with Gasteiger partial charge in [-0.15, -0.1) is 0 Å². The zero-order chi connectivity index (χ0) is 39.2. The number of benzene rings is 1. The molecular formula is C40H52ClN3O9S. The minimum Gasteiger partial charge on any atom is -0.494 e. The van der Waals surface area contributed by atoms with Crippen LogP contribution < -0.4 is 14.2 Å². The summed E-state index contributed by atoms with van der Waals surface area (Å²) in [6, 6.07) is 4.30. The first kappa shape index (κ1) is 40.0. The fraction of sp³-hybridized carbons (Fsp3) is 0.625. The van der Waals surface area contributed by atoms with E-state index in [2.05, 4.69) is 16.6 Å². The minimum atomic E-state index is -3.86. The topological polar surface area (TPSA) is 158 Å². The molecule has 294 valence electrons. The second kappa shape index (κ2) is 15.4. The molecule has 7 atom stereocenters. The van der Waals surface area contributed by atoms with Crippen molar-refractivity contribution >= 4 is 56.0 Å². The SMILES string of the molecule is COc1cnc(O[C@@H]2C[C@H]3C(=O)C[C@]4(C(=O)NS(=O)(=O)C5CC5)C[C@H]4/C=C\C(C)CCC[C@@H](C)[C@H](CC(=O)OC(C)(C)C)C(=O)N3C2)c2cccc(Cl)c12. The van der Waals surface area contributed by atoms with Crippen molar-refractivity contribution in [3.63, 3.8) is 0 Å². The van der Waals surface area contributed by atoms with E-state index < -0.39 is 56.2 Å². The number of hydrogen-bond donors (Lipinski definition) is 1. The highest BCUT2D eigenvalue weighted by atomic mass is 35.5. The molecule has 6 rings (SSSR count). The molecule has 1 aromatic heterocycles. The number of ether oxygens (including phenoxy) is 3. The van der Waals surface area contributed by atoms with Crippen LogP contribution in [0.3, 0.4) is 0 Å². The number of esters is 1. The summed E-state index contributed by atoms with van der Waals surface area (Å²) in [5.74, 6) is -2.39. The summed E-state index contributed by atoms with van der Waals surface area (Å²) < 4.78 is 45.8. The van der Waals surface area contributed by atoms with Gasteiger partial charge < -0.3 is 19.1 Å². The number of nitrogens with zero attached hydrogens (tertiary/aromatic N) is 2.